The maximum atomic E-state index is 9.24. The van der Waals surface area contributed by atoms with Gasteiger partial charge in [-0.25, -0.2) is 4.98 Å². The van der Waals surface area contributed by atoms with Gasteiger partial charge in [0.05, 0.1) is 55.8 Å². The molecule has 1 atom stereocenters. The normalized spacial score (nSPS) is 11.8. The number of aromatic nitrogens is 3. The van der Waals surface area contributed by atoms with Crippen LogP contribution in [-0.2, 0) is 9.47 Å². The van der Waals surface area contributed by atoms with E-state index >= 15 is 0 Å². The Labute approximate surface area is 210 Å². The van der Waals surface area contributed by atoms with Gasteiger partial charge in [-0.1, -0.05) is 24.3 Å². The molecule has 1 aromatic carbocycles. The predicted molar refractivity (Wildman–Crippen MR) is 136 cm³/mol. The van der Waals surface area contributed by atoms with E-state index < -0.39 is 6.10 Å². The molecule has 0 aliphatic rings. The van der Waals surface area contributed by atoms with Gasteiger partial charge >= 0.3 is 0 Å². The zero-order valence-corrected chi connectivity index (χ0v) is 19.9. The minimum Gasteiger partial charge on any atom is -0.491 e. The molecule has 4 rings (SSSR count). The van der Waals surface area contributed by atoms with E-state index in [9.17, 15) is 5.11 Å². The molecule has 0 aliphatic carbocycles. The molecule has 8 nitrogen and oxygen atoms in total. The van der Waals surface area contributed by atoms with Crippen molar-refractivity contribution in [3.05, 3.63) is 85.2 Å². The second kappa shape index (κ2) is 13.4. The van der Waals surface area contributed by atoms with Crippen LogP contribution < -0.4 is 4.74 Å². The highest BCUT2D eigenvalue weighted by molar-refractivity contribution is 5.74. The van der Waals surface area contributed by atoms with Crippen LogP contribution in [0.15, 0.2) is 85.2 Å². The average Bonchev–Trinajstić information content (AvgIpc) is 2.95. The van der Waals surface area contributed by atoms with Gasteiger partial charge in [-0.05, 0) is 59.7 Å². The fourth-order valence-corrected chi connectivity index (χ4v) is 3.54. The summed E-state index contributed by atoms with van der Waals surface area (Å²) in [6, 6.07) is 23.4. The summed E-state index contributed by atoms with van der Waals surface area (Å²) in [6.45, 7) is 0.859. The lowest BCUT2D eigenvalue weighted by atomic mass is 10.0. The Kier molecular flexibility index (Phi) is 9.46. The first-order valence-electron chi connectivity index (χ1n) is 11.8. The fourth-order valence-electron chi connectivity index (χ4n) is 3.54. The molecular formula is C28H29N3O5. The van der Waals surface area contributed by atoms with Crippen molar-refractivity contribution >= 4 is 0 Å². The van der Waals surface area contributed by atoms with Crippen molar-refractivity contribution in [2.75, 3.05) is 39.6 Å². The molecular weight excluding hydrogens is 458 g/mol. The number of hydrogen-bond acceptors (Lipinski definition) is 8. The second-order valence-corrected chi connectivity index (χ2v) is 7.90. The van der Waals surface area contributed by atoms with Crippen molar-refractivity contribution in [2.24, 2.45) is 0 Å². The van der Waals surface area contributed by atoms with E-state index in [1.165, 1.54) is 0 Å². The molecule has 2 N–H and O–H groups in total. The van der Waals surface area contributed by atoms with Gasteiger partial charge < -0.3 is 24.4 Å². The molecule has 0 spiro atoms. The summed E-state index contributed by atoms with van der Waals surface area (Å²) in [7, 11) is 0. The van der Waals surface area contributed by atoms with Crippen LogP contribution in [0.1, 0.15) is 0 Å². The average molecular weight is 488 g/mol. The van der Waals surface area contributed by atoms with Crippen molar-refractivity contribution in [3.63, 3.8) is 0 Å². The van der Waals surface area contributed by atoms with Gasteiger partial charge in [0, 0.05) is 12.4 Å². The maximum absolute atomic E-state index is 9.24. The molecule has 0 saturated carbocycles. The van der Waals surface area contributed by atoms with Crippen LogP contribution in [0.3, 0.4) is 0 Å². The molecule has 0 fully saturated rings. The van der Waals surface area contributed by atoms with Gasteiger partial charge in [0.1, 0.15) is 18.5 Å². The van der Waals surface area contributed by atoms with E-state index in [1.807, 2.05) is 72.8 Å². The number of pyridine rings is 3. The summed E-state index contributed by atoms with van der Waals surface area (Å²) in [5.41, 5.74) is 5.15. The van der Waals surface area contributed by atoms with E-state index in [1.54, 1.807) is 12.4 Å². The van der Waals surface area contributed by atoms with Crippen LogP contribution in [0.5, 0.6) is 5.75 Å². The Hall–Kier alpha value is -3.69. The zero-order chi connectivity index (χ0) is 25.0. The van der Waals surface area contributed by atoms with Crippen molar-refractivity contribution in [1.29, 1.82) is 0 Å². The number of benzene rings is 1. The molecule has 186 valence electrons. The molecule has 1 unspecified atom stereocenters. The third kappa shape index (κ3) is 7.16. The lowest BCUT2D eigenvalue weighted by Gasteiger charge is -2.15. The number of ether oxygens (including phenoxy) is 3. The molecule has 0 radical (unpaired) electrons. The number of hydrogen-bond donors (Lipinski definition) is 2. The molecule has 0 bridgehead atoms. The summed E-state index contributed by atoms with van der Waals surface area (Å²) in [4.78, 5) is 13.7. The molecule has 3 aromatic heterocycles. The minimum atomic E-state index is -0.455. The Morgan fingerprint density at radius 1 is 0.694 bits per heavy atom. The number of rotatable bonds is 13. The lowest BCUT2D eigenvalue weighted by Crippen LogP contribution is -2.26. The second-order valence-electron chi connectivity index (χ2n) is 7.90. The molecule has 8 heteroatoms. The smallest absolute Gasteiger partial charge is 0.119 e. The molecule has 36 heavy (non-hydrogen) atoms. The monoisotopic (exact) mass is 487 g/mol. The number of aliphatic hydroxyl groups is 2. The third-order valence-corrected chi connectivity index (χ3v) is 5.32. The van der Waals surface area contributed by atoms with E-state index in [2.05, 4.69) is 9.97 Å². The van der Waals surface area contributed by atoms with E-state index in [4.69, 9.17) is 24.3 Å². The van der Waals surface area contributed by atoms with Gasteiger partial charge in [-0.2, -0.15) is 0 Å². The third-order valence-electron chi connectivity index (χ3n) is 5.32. The first kappa shape index (κ1) is 25.4. The lowest BCUT2D eigenvalue weighted by molar-refractivity contribution is -0.0542. The van der Waals surface area contributed by atoms with Gasteiger partial charge in [0.15, 0.2) is 0 Å². The standard InChI is InChI=1S/C28H29N3O5/c32-13-14-35-24(19-33)20-34-15-16-36-23-9-7-21(8-10-23)22-17-27(25-5-1-3-11-29-25)31-28(18-22)26-6-2-4-12-30-26/h1-12,17-18,24,32-33H,13-16,19-20H2. The molecule has 0 aliphatic heterocycles. The molecule has 0 saturated heterocycles. The Morgan fingerprint density at radius 3 is 1.92 bits per heavy atom. The molecule has 4 aromatic rings. The van der Waals surface area contributed by atoms with Gasteiger partial charge in [-0.3, -0.25) is 9.97 Å². The highest BCUT2D eigenvalue weighted by Crippen LogP contribution is 2.29. The topological polar surface area (TPSA) is 107 Å². The van der Waals surface area contributed by atoms with E-state index in [-0.39, 0.29) is 26.4 Å². The molecule has 0 amide bonds. The summed E-state index contributed by atoms with van der Waals surface area (Å²) < 4.78 is 16.5. The van der Waals surface area contributed by atoms with E-state index in [0.29, 0.717) is 13.2 Å². The van der Waals surface area contributed by atoms with Crippen LogP contribution >= 0.6 is 0 Å². The first-order valence-corrected chi connectivity index (χ1v) is 11.8. The summed E-state index contributed by atoms with van der Waals surface area (Å²) >= 11 is 0. The largest absolute Gasteiger partial charge is 0.491 e. The number of aliphatic hydroxyl groups excluding tert-OH is 2. The van der Waals surface area contributed by atoms with Crippen molar-refractivity contribution in [2.45, 2.75) is 6.10 Å². The fraction of sp³-hybridized carbons (Fsp3) is 0.250. The van der Waals surface area contributed by atoms with Crippen LogP contribution in [0.4, 0.5) is 0 Å². The summed E-state index contributed by atoms with van der Waals surface area (Å²) in [5.74, 6) is 0.724. The Balaban J connectivity index is 1.43. The van der Waals surface area contributed by atoms with Crippen molar-refractivity contribution in [1.82, 2.24) is 15.0 Å². The predicted octanol–water partition coefficient (Wildman–Crippen LogP) is 3.64. The summed E-state index contributed by atoms with van der Waals surface area (Å²) in [5, 5.41) is 18.0. The highest BCUT2D eigenvalue weighted by Gasteiger charge is 2.11. The van der Waals surface area contributed by atoms with Gasteiger partial charge in [0.2, 0.25) is 0 Å². The van der Waals surface area contributed by atoms with Crippen molar-refractivity contribution in [3.8, 4) is 39.7 Å². The zero-order valence-electron chi connectivity index (χ0n) is 19.9. The van der Waals surface area contributed by atoms with Crippen molar-refractivity contribution < 1.29 is 24.4 Å². The minimum absolute atomic E-state index is 0.0932. The highest BCUT2D eigenvalue weighted by atomic mass is 16.6. The Bertz CT molecular complexity index is 1130. The van der Waals surface area contributed by atoms with Gasteiger partial charge in [-0.15, -0.1) is 0 Å². The van der Waals surface area contributed by atoms with Gasteiger partial charge in [0.25, 0.3) is 0 Å². The Morgan fingerprint density at radius 2 is 1.36 bits per heavy atom. The maximum Gasteiger partial charge on any atom is 0.119 e. The molecule has 3 heterocycles. The van der Waals surface area contributed by atoms with Crippen LogP contribution in [0.2, 0.25) is 0 Å². The first-order chi connectivity index (χ1) is 17.8. The van der Waals surface area contributed by atoms with E-state index in [0.717, 1.165) is 39.7 Å². The van der Waals surface area contributed by atoms with Crippen LogP contribution in [0.25, 0.3) is 33.9 Å². The van der Waals surface area contributed by atoms with Crippen LogP contribution in [0, 0.1) is 0 Å². The number of nitrogens with zero attached hydrogens (tertiary/aromatic N) is 3. The summed E-state index contributed by atoms with van der Waals surface area (Å²) in [6.07, 6.45) is 3.06. The quantitative estimate of drug-likeness (QED) is 0.275. The SMILES string of the molecule is OCCOC(CO)COCCOc1ccc(-c2cc(-c3ccccn3)nc(-c3ccccn3)c2)cc1. The van der Waals surface area contributed by atoms with Crippen LogP contribution in [-0.4, -0.2) is 70.9 Å².